The molecule has 2 aromatic rings. The fourth-order valence-corrected chi connectivity index (χ4v) is 3.10. The van der Waals surface area contributed by atoms with Crippen molar-refractivity contribution in [3.63, 3.8) is 0 Å². The van der Waals surface area contributed by atoms with Gasteiger partial charge >= 0.3 is 0 Å². The number of hydrogen-bond acceptors (Lipinski definition) is 5. The van der Waals surface area contributed by atoms with Crippen LogP contribution < -0.4 is 0 Å². The number of rotatable bonds is 5. The largest absolute Gasteiger partial charge is 0.387 e. The Morgan fingerprint density at radius 2 is 2.05 bits per heavy atom. The van der Waals surface area contributed by atoms with Crippen molar-refractivity contribution >= 4 is 0 Å². The molecule has 0 spiro atoms. The van der Waals surface area contributed by atoms with Crippen LogP contribution in [0.2, 0.25) is 0 Å². The van der Waals surface area contributed by atoms with Crippen LogP contribution in [0.25, 0.3) is 5.69 Å². The molecule has 0 bridgehead atoms. The van der Waals surface area contributed by atoms with Crippen molar-refractivity contribution in [2.24, 2.45) is 0 Å². The molecule has 1 unspecified atom stereocenters. The van der Waals surface area contributed by atoms with Crippen LogP contribution in [0.15, 0.2) is 36.5 Å². The molecule has 0 radical (unpaired) electrons. The third-order valence-corrected chi connectivity index (χ3v) is 3.97. The summed E-state index contributed by atoms with van der Waals surface area (Å²) in [5.41, 5.74) is 1.32. The molecule has 2 heterocycles. The number of likely N-dealkylation sites (tertiary alicyclic amines) is 1. The van der Waals surface area contributed by atoms with Gasteiger partial charge in [0.25, 0.3) is 0 Å². The maximum Gasteiger partial charge on any atom is 0.0971 e. The van der Waals surface area contributed by atoms with Crippen LogP contribution in [0, 0.1) is 0 Å². The molecule has 1 aliphatic rings. The molecule has 1 aliphatic heterocycles. The van der Waals surface area contributed by atoms with Gasteiger partial charge in [-0.25, -0.2) is 4.68 Å². The van der Waals surface area contributed by atoms with Crippen LogP contribution in [0.4, 0.5) is 0 Å². The quantitative estimate of drug-likeness (QED) is 0.884. The Kier molecular flexibility index (Phi) is 4.24. The molecule has 0 aliphatic carbocycles. The van der Waals surface area contributed by atoms with Gasteiger partial charge in [0.1, 0.15) is 0 Å². The van der Waals surface area contributed by atoms with Crippen molar-refractivity contribution in [2.45, 2.75) is 18.6 Å². The lowest BCUT2D eigenvalue weighted by molar-refractivity contribution is 0.0239. The molecular weight excluding hydrogens is 278 g/mol. The summed E-state index contributed by atoms with van der Waals surface area (Å²) in [7, 11) is 3.98. The third kappa shape index (κ3) is 3.52. The lowest BCUT2D eigenvalue weighted by atomic mass is 10.0. The Bertz CT molecular complexity index is 612. The zero-order chi connectivity index (χ0) is 15.6. The predicted molar refractivity (Wildman–Crippen MR) is 84.8 cm³/mol. The van der Waals surface area contributed by atoms with Gasteiger partial charge in [0, 0.05) is 26.2 Å². The van der Waals surface area contributed by atoms with Crippen LogP contribution in [0.1, 0.15) is 12.1 Å². The number of likely N-dealkylation sites (N-methyl/N-ethyl adjacent to an activating group) is 1. The van der Waals surface area contributed by atoms with Crippen molar-refractivity contribution in [3.8, 4) is 5.69 Å². The minimum absolute atomic E-state index is 0.612. The van der Waals surface area contributed by atoms with Crippen molar-refractivity contribution < 1.29 is 5.11 Å². The Morgan fingerprint density at radius 1 is 1.27 bits per heavy atom. The molecule has 1 aromatic heterocycles. The van der Waals surface area contributed by atoms with E-state index in [-0.39, 0.29) is 0 Å². The van der Waals surface area contributed by atoms with Gasteiger partial charge in [0.2, 0.25) is 0 Å². The molecule has 118 valence electrons. The smallest absolute Gasteiger partial charge is 0.0971 e. The Hall–Kier alpha value is -1.76. The summed E-state index contributed by atoms with van der Waals surface area (Å²) in [5.74, 6) is 0. The second-order valence-electron chi connectivity index (χ2n) is 6.41. The van der Waals surface area contributed by atoms with Crippen molar-refractivity contribution in [1.29, 1.82) is 0 Å². The molecule has 1 atom stereocenters. The highest BCUT2D eigenvalue weighted by molar-refractivity contribution is 5.29. The van der Waals surface area contributed by atoms with E-state index in [4.69, 9.17) is 0 Å². The minimum Gasteiger partial charge on any atom is -0.387 e. The van der Waals surface area contributed by atoms with E-state index in [9.17, 15) is 5.11 Å². The van der Waals surface area contributed by atoms with Gasteiger partial charge < -0.3 is 10.0 Å². The highest BCUT2D eigenvalue weighted by Crippen LogP contribution is 2.23. The zero-order valence-electron chi connectivity index (χ0n) is 13.2. The van der Waals surface area contributed by atoms with Crippen molar-refractivity contribution in [2.75, 3.05) is 33.7 Å². The van der Waals surface area contributed by atoms with Gasteiger partial charge in [-0.05, 0) is 32.6 Å². The van der Waals surface area contributed by atoms with Crippen molar-refractivity contribution in [1.82, 2.24) is 24.8 Å². The lowest BCUT2D eigenvalue weighted by Crippen LogP contribution is -2.42. The molecule has 0 amide bonds. The van der Waals surface area contributed by atoms with Gasteiger partial charge in [0.15, 0.2) is 0 Å². The van der Waals surface area contributed by atoms with E-state index in [1.807, 2.05) is 55.5 Å². The molecule has 22 heavy (non-hydrogen) atoms. The topological polar surface area (TPSA) is 57.4 Å². The molecule has 1 N–H and O–H groups in total. The number of benzene rings is 1. The number of para-hydroxylation sites is 1. The first-order valence-corrected chi connectivity index (χ1v) is 7.60. The van der Waals surface area contributed by atoms with Gasteiger partial charge in [-0.1, -0.05) is 23.4 Å². The van der Waals surface area contributed by atoms with Gasteiger partial charge in [-0.2, -0.15) is 0 Å². The molecule has 3 rings (SSSR count). The molecular formula is C16H23N5O. The van der Waals surface area contributed by atoms with Crippen LogP contribution in [-0.2, 0) is 6.54 Å². The predicted octanol–water partition coefficient (Wildman–Crippen LogP) is 0.766. The van der Waals surface area contributed by atoms with E-state index >= 15 is 0 Å². The maximum atomic E-state index is 10.6. The maximum absolute atomic E-state index is 10.6. The summed E-state index contributed by atoms with van der Waals surface area (Å²) in [5, 5.41) is 19.0. The summed E-state index contributed by atoms with van der Waals surface area (Å²) in [6, 6.07) is 9.96. The fourth-order valence-electron chi connectivity index (χ4n) is 3.10. The summed E-state index contributed by atoms with van der Waals surface area (Å²) in [6.07, 6.45) is 2.76. The SMILES string of the molecule is CN(C)CC1(O)CCN(Cc2cn(-c3ccccc3)nn2)C1. The van der Waals surface area contributed by atoms with E-state index in [1.165, 1.54) is 0 Å². The van der Waals surface area contributed by atoms with E-state index in [1.54, 1.807) is 4.68 Å². The van der Waals surface area contributed by atoms with E-state index in [0.29, 0.717) is 13.1 Å². The summed E-state index contributed by atoms with van der Waals surface area (Å²) in [4.78, 5) is 4.28. The van der Waals surface area contributed by atoms with Crippen molar-refractivity contribution in [3.05, 3.63) is 42.2 Å². The molecule has 1 saturated heterocycles. The first-order chi connectivity index (χ1) is 10.5. The second kappa shape index (κ2) is 6.16. The first-order valence-electron chi connectivity index (χ1n) is 7.60. The Morgan fingerprint density at radius 3 is 2.77 bits per heavy atom. The molecule has 6 heteroatoms. The summed E-state index contributed by atoms with van der Waals surface area (Å²) < 4.78 is 1.79. The van der Waals surface area contributed by atoms with Crippen LogP contribution in [-0.4, -0.2) is 69.2 Å². The highest BCUT2D eigenvalue weighted by atomic mass is 16.3. The number of β-amino-alcohol motifs (C(OH)–C–C–N with tert-alkyl or cyclic N) is 1. The zero-order valence-corrected chi connectivity index (χ0v) is 13.2. The van der Waals surface area contributed by atoms with E-state index < -0.39 is 5.60 Å². The number of aliphatic hydroxyl groups is 1. The number of hydrogen-bond donors (Lipinski definition) is 1. The van der Waals surface area contributed by atoms with Crippen LogP contribution in [0.3, 0.4) is 0 Å². The minimum atomic E-state index is -0.612. The second-order valence-corrected chi connectivity index (χ2v) is 6.41. The normalized spacial score (nSPS) is 22.5. The number of aromatic nitrogens is 3. The summed E-state index contributed by atoms with van der Waals surface area (Å²) >= 11 is 0. The molecule has 6 nitrogen and oxygen atoms in total. The van der Waals surface area contributed by atoms with Crippen LogP contribution in [0.5, 0.6) is 0 Å². The number of nitrogens with zero attached hydrogens (tertiary/aromatic N) is 5. The molecule has 1 aromatic carbocycles. The third-order valence-electron chi connectivity index (χ3n) is 3.97. The van der Waals surface area contributed by atoms with Crippen LogP contribution >= 0.6 is 0 Å². The van der Waals surface area contributed by atoms with Gasteiger partial charge in [-0.15, -0.1) is 5.10 Å². The highest BCUT2D eigenvalue weighted by Gasteiger charge is 2.36. The average molecular weight is 301 g/mol. The molecule has 1 fully saturated rings. The lowest BCUT2D eigenvalue weighted by Gasteiger charge is -2.26. The summed E-state index contributed by atoms with van der Waals surface area (Å²) in [6.45, 7) is 2.99. The monoisotopic (exact) mass is 301 g/mol. The Labute approximate surface area is 131 Å². The Balaban J connectivity index is 1.62. The van der Waals surface area contributed by atoms with Gasteiger partial charge in [-0.3, -0.25) is 4.90 Å². The first kappa shape index (κ1) is 15.1. The average Bonchev–Trinajstić information content (AvgIpc) is 3.07. The van der Waals surface area contributed by atoms with E-state index in [2.05, 4.69) is 15.2 Å². The van der Waals surface area contributed by atoms with Gasteiger partial charge in [0.05, 0.1) is 23.2 Å². The van der Waals surface area contributed by atoms with E-state index in [0.717, 1.165) is 30.9 Å². The molecule has 0 saturated carbocycles. The standard InChI is InChI=1S/C16H23N5O/c1-19(2)12-16(22)8-9-20(13-16)10-14-11-21(18-17-14)15-6-4-3-5-7-15/h3-7,11,22H,8-10,12-13H2,1-2H3. The fraction of sp³-hybridized carbons (Fsp3) is 0.500.